The van der Waals surface area contributed by atoms with Gasteiger partial charge in [-0.1, -0.05) is 11.8 Å². The number of hydrogen-bond donors (Lipinski definition) is 1. The Morgan fingerprint density at radius 2 is 2.20 bits per heavy atom. The van der Waals surface area contributed by atoms with Gasteiger partial charge in [0.05, 0.1) is 12.9 Å². The van der Waals surface area contributed by atoms with Crippen molar-refractivity contribution in [3.8, 4) is 0 Å². The number of esters is 1. The first-order valence-electron chi connectivity index (χ1n) is 7.26. The van der Waals surface area contributed by atoms with Crippen LogP contribution in [0.2, 0.25) is 0 Å². The van der Waals surface area contributed by atoms with Gasteiger partial charge in [0, 0.05) is 13.0 Å². The summed E-state index contributed by atoms with van der Waals surface area (Å²) < 4.78 is 15.4. The van der Waals surface area contributed by atoms with Crippen LogP contribution in [0, 0.1) is 0 Å². The summed E-state index contributed by atoms with van der Waals surface area (Å²) in [4.78, 5) is 35.5. The van der Waals surface area contributed by atoms with Crippen molar-refractivity contribution in [2.24, 2.45) is 0 Å². The monoisotopic (exact) mass is 366 g/mol. The van der Waals surface area contributed by atoms with Crippen molar-refractivity contribution in [1.82, 2.24) is 20.4 Å². The minimum Gasteiger partial charge on any atom is -0.463 e. The van der Waals surface area contributed by atoms with Crippen LogP contribution < -0.4 is 5.32 Å². The first-order valence-corrected chi connectivity index (χ1v) is 8.24. The summed E-state index contributed by atoms with van der Waals surface area (Å²) in [5, 5.41) is 10.3. The zero-order chi connectivity index (χ0) is 17.8. The van der Waals surface area contributed by atoms with Gasteiger partial charge in [0.1, 0.15) is 12.3 Å². The van der Waals surface area contributed by atoms with E-state index in [2.05, 4.69) is 20.3 Å². The van der Waals surface area contributed by atoms with Crippen molar-refractivity contribution in [3.05, 3.63) is 29.5 Å². The Labute approximate surface area is 145 Å². The van der Waals surface area contributed by atoms with Crippen LogP contribution in [0.5, 0.6) is 0 Å². The van der Waals surface area contributed by atoms with Crippen LogP contribution >= 0.6 is 11.8 Å². The Morgan fingerprint density at radius 1 is 1.36 bits per heavy atom. The van der Waals surface area contributed by atoms with Crippen LogP contribution in [-0.4, -0.2) is 46.7 Å². The van der Waals surface area contributed by atoms with Crippen molar-refractivity contribution in [1.29, 1.82) is 0 Å². The van der Waals surface area contributed by atoms with Crippen molar-refractivity contribution >= 4 is 29.7 Å². The number of nitrogens with one attached hydrogen (secondary N) is 1. The molecule has 132 valence electrons. The van der Waals surface area contributed by atoms with Crippen LogP contribution in [0.4, 0.5) is 4.79 Å². The molecule has 0 spiro atoms. The average Bonchev–Trinajstić information content (AvgIpc) is 3.24. The first kappa shape index (κ1) is 17.0. The predicted molar refractivity (Wildman–Crippen MR) is 82.5 cm³/mol. The summed E-state index contributed by atoms with van der Waals surface area (Å²) in [6.45, 7) is 0.429. The topological polar surface area (TPSA) is 128 Å². The molecule has 3 rings (SSSR count). The number of methoxy groups -OCH3 is 1. The summed E-state index contributed by atoms with van der Waals surface area (Å²) in [6, 6.07) is 2.71. The number of rotatable bonds is 6. The second-order valence-electron chi connectivity index (χ2n) is 5.03. The third kappa shape index (κ3) is 4.18. The molecule has 0 saturated carbocycles. The van der Waals surface area contributed by atoms with Gasteiger partial charge in [0.15, 0.2) is 0 Å². The van der Waals surface area contributed by atoms with Gasteiger partial charge in [-0.2, -0.15) is 0 Å². The number of ether oxygens (including phenoxy) is 1. The van der Waals surface area contributed by atoms with E-state index in [0.717, 1.165) is 0 Å². The van der Waals surface area contributed by atoms with Crippen molar-refractivity contribution in [2.75, 3.05) is 13.7 Å². The summed E-state index contributed by atoms with van der Waals surface area (Å²) >= 11 is 1.23. The van der Waals surface area contributed by atoms with Gasteiger partial charge in [-0.3, -0.25) is 10.1 Å². The average molecular weight is 366 g/mol. The zero-order valence-corrected chi connectivity index (χ0v) is 14.0. The SMILES string of the molecule is COC(=O)c1ccc(CSc2nnc(CN3CCC(=O)NC3=O)o2)o1. The molecule has 0 aromatic carbocycles. The summed E-state index contributed by atoms with van der Waals surface area (Å²) in [6.07, 6.45) is 0.239. The van der Waals surface area contributed by atoms with Gasteiger partial charge in [0.2, 0.25) is 17.6 Å². The molecule has 0 bridgehead atoms. The number of thioether (sulfide) groups is 1. The predicted octanol–water partition coefficient (Wildman–Crippen LogP) is 1.18. The van der Waals surface area contributed by atoms with Gasteiger partial charge in [0.25, 0.3) is 5.22 Å². The molecule has 0 aliphatic carbocycles. The number of hydrogen-bond acceptors (Lipinski definition) is 9. The lowest BCUT2D eigenvalue weighted by Crippen LogP contribution is -2.48. The maximum atomic E-state index is 11.7. The fraction of sp³-hybridized carbons (Fsp3) is 0.357. The smallest absolute Gasteiger partial charge is 0.373 e. The Morgan fingerprint density at radius 3 is 2.96 bits per heavy atom. The number of amides is 3. The molecule has 1 aliphatic heterocycles. The van der Waals surface area contributed by atoms with E-state index in [4.69, 9.17) is 8.83 Å². The van der Waals surface area contributed by atoms with E-state index in [9.17, 15) is 14.4 Å². The van der Waals surface area contributed by atoms with E-state index in [0.29, 0.717) is 23.3 Å². The lowest BCUT2D eigenvalue weighted by Gasteiger charge is -2.24. The molecule has 0 atom stereocenters. The van der Waals surface area contributed by atoms with Crippen LogP contribution in [0.3, 0.4) is 0 Å². The largest absolute Gasteiger partial charge is 0.463 e. The number of carbonyl (C=O) groups is 3. The maximum absolute atomic E-state index is 11.7. The zero-order valence-electron chi connectivity index (χ0n) is 13.2. The van der Waals surface area contributed by atoms with E-state index < -0.39 is 12.0 Å². The Kier molecular flexibility index (Phi) is 5.03. The van der Waals surface area contributed by atoms with Crippen LogP contribution in [-0.2, 0) is 21.8 Å². The lowest BCUT2D eigenvalue weighted by atomic mass is 10.3. The number of carbonyl (C=O) groups excluding carboxylic acids is 3. The molecule has 1 saturated heterocycles. The standard InChI is InChI=1S/C14H14N4O6S/c1-22-12(20)9-3-2-8(23-9)7-25-14-17-16-11(24-14)6-18-5-4-10(19)15-13(18)21/h2-3H,4-7H2,1H3,(H,15,19,21). The highest BCUT2D eigenvalue weighted by atomic mass is 32.2. The number of aromatic nitrogens is 2. The molecular weight excluding hydrogens is 352 g/mol. The van der Waals surface area contributed by atoms with Crippen LogP contribution in [0.25, 0.3) is 0 Å². The molecule has 0 unspecified atom stereocenters. The van der Waals surface area contributed by atoms with Gasteiger partial charge in [-0.25, -0.2) is 9.59 Å². The third-order valence-corrected chi connectivity index (χ3v) is 4.14. The van der Waals surface area contributed by atoms with E-state index in [-0.39, 0.29) is 30.5 Å². The molecule has 10 nitrogen and oxygen atoms in total. The Bertz CT molecular complexity index is 801. The van der Waals surface area contributed by atoms with Crippen molar-refractivity contribution in [2.45, 2.75) is 23.9 Å². The molecule has 2 aromatic rings. The lowest BCUT2D eigenvalue weighted by molar-refractivity contribution is -0.121. The molecular formula is C14H14N4O6S. The van der Waals surface area contributed by atoms with Crippen LogP contribution in [0.1, 0.15) is 28.6 Å². The molecule has 11 heteroatoms. The van der Waals surface area contributed by atoms with Gasteiger partial charge in [-0.15, -0.1) is 10.2 Å². The minimum atomic E-state index is -0.547. The molecule has 1 N–H and O–H groups in total. The number of urea groups is 1. The number of imide groups is 1. The quantitative estimate of drug-likeness (QED) is 0.592. The molecule has 3 heterocycles. The van der Waals surface area contributed by atoms with Crippen molar-refractivity contribution < 1.29 is 28.0 Å². The molecule has 1 fully saturated rings. The molecule has 0 radical (unpaired) electrons. The highest BCUT2D eigenvalue weighted by Crippen LogP contribution is 2.23. The van der Waals surface area contributed by atoms with E-state index in [1.54, 1.807) is 6.07 Å². The fourth-order valence-corrected chi connectivity index (χ4v) is 2.75. The van der Waals surface area contributed by atoms with E-state index in [1.165, 1.54) is 29.8 Å². The van der Waals surface area contributed by atoms with Gasteiger partial charge >= 0.3 is 12.0 Å². The highest BCUT2D eigenvalue weighted by molar-refractivity contribution is 7.98. The number of nitrogens with zero attached hydrogens (tertiary/aromatic N) is 3. The molecule has 2 aromatic heterocycles. The molecule has 1 aliphatic rings. The maximum Gasteiger partial charge on any atom is 0.373 e. The number of furan rings is 1. The first-order chi connectivity index (χ1) is 12.0. The highest BCUT2D eigenvalue weighted by Gasteiger charge is 2.24. The van der Waals surface area contributed by atoms with Gasteiger partial charge < -0.3 is 18.5 Å². The molecule has 25 heavy (non-hydrogen) atoms. The van der Waals surface area contributed by atoms with E-state index in [1.807, 2.05) is 0 Å². The van der Waals surface area contributed by atoms with Crippen molar-refractivity contribution in [3.63, 3.8) is 0 Å². The van der Waals surface area contributed by atoms with Crippen LogP contribution in [0.15, 0.2) is 26.2 Å². The third-order valence-electron chi connectivity index (χ3n) is 3.30. The summed E-state index contributed by atoms with van der Waals surface area (Å²) in [5.74, 6) is 0.482. The Balaban J connectivity index is 1.53. The normalized spacial score (nSPS) is 14.5. The summed E-state index contributed by atoms with van der Waals surface area (Å²) in [7, 11) is 1.28. The molecule has 3 amide bonds. The second kappa shape index (κ2) is 7.38. The Hall–Kier alpha value is -2.82. The van der Waals surface area contributed by atoms with E-state index >= 15 is 0 Å². The fourth-order valence-electron chi connectivity index (χ4n) is 2.07. The summed E-state index contributed by atoms with van der Waals surface area (Å²) in [5.41, 5.74) is 0. The second-order valence-corrected chi connectivity index (χ2v) is 5.96. The van der Waals surface area contributed by atoms with Gasteiger partial charge in [-0.05, 0) is 12.1 Å². The minimum absolute atomic E-state index is 0.120.